The number of hydrazine groups is 1. The Hall–Kier alpha value is -0.200. The summed E-state index contributed by atoms with van der Waals surface area (Å²) in [4.78, 5) is 0. The molecule has 2 aliphatic rings. The lowest BCUT2D eigenvalue weighted by molar-refractivity contribution is -0.00640. The van der Waals surface area contributed by atoms with Gasteiger partial charge in [0.2, 0.25) is 0 Å². The van der Waals surface area contributed by atoms with Gasteiger partial charge in [0.1, 0.15) is 6.23 Å². The summed E-state index contributed by atoms with van der Waals surface area (Å²) >= 11 is 0. The first-order valence-corrected chi connectivity index (χ1v) is 7.12. The Labute approximate surface area is 111 Å². The molecule has 5 nitrogen and oxygen atoms in total. The van der Waals surface area contributed by atoms with Crippen molar-refractivity contribution in [2.24, 2.45) is 5.41 Å². The van der Waals surface area contributed by atoms with Gasteiger partial charge in [-0.05, 0) is 11.8 Å². The molecule has 0 saturated carbocycles. The van der Waals surface area contributed by atoms with Crippen LogP contribution in [0.2, 0.25) is 0 Å². The van der Waals surface area contributed by atoms with Gasteiger partial charge in [0, 0.05) is 38.8 Å². The highest BCUT2D eigenvalue weighted by atomic mass is 16.5. The van der Waals surface area contributed by atoms with Crippen molar-refractivity contribution >= 4 is 0 Å². The fraction of sp³-hybridized carbons (Fsp3) is 1.00. The molecule has 2 fully saturated rings. The van der Waals surface area contributed by atoms with Crippen LogP contribution in [0.25, 0.3) is 0 Å². The number of rotatable bonds is 4. The summed E-state index contributed by atoms with van der Waals surface area (Å²) < 4.78 is 5.85. The number of piperazine rings is 1. The second kappa shape index (κ2) is 6.30. The standard InChI is InChI=1S/C13H28N4O/c1-13(2,3)11-9-15-12(10-14-11)18-8-7-17-6-4-5-16-17/h11-12,14-16H,4-10H2,1-3H3. The van der Waals surface area contributed by atoms with Crippen molar-refractivity contribution in [3.8, 4) is 0 Å². The fourth-order valence-electron chi connectivity index (χ4n) is 2.46. The summed E-state index contributed by atoms with van der Waals surface area (Å²) in [6, 6.07) is 0.526. The third-order valence-electron chi connectivity index (χ3n) is 3.77. The number of hydrogen-bond acceptors (Lipinski definition) is 5. The van der Waals surface area contributed by atoms with Crippen molar-refractivity contribution in [1.29, 1.82) is 0 Å². The minimum Gasteiger partial charge on any atom is -0.361 e. The molecule has 0 amide bonds. The molecule has 18 heavy (non-hydrogen) atoms. The maximum absolute atomic E-state index is 5.85. The lowest BCUT2D eigenvalue weighted by atomic mass is 9.86. The summed E-state index contributed by atoms with van der Waals surface area (Å²) in [6.07, 6.45) is 1.41. The van der Waals surface area contributed by atoms with Crippen LogP contribution in [0.4, 0.5) is 0 Å². The van der Waals surface area contributed by atoms with Crippen LogP contribution in [0.3, 0.4) is 0 Å². The van der Waals surface area contributed by atoms with Crippen LogP contribution in [-0.2, 0) is 4.74 Å². The van der Waals surface area contributed by atoms with Gasteiger partial charge in [0.25, 0.3) is 0 Å². The van der Waals surface area contributed by atoms with E-state index in [2.05, 4.69) is 41.8 Å². The molecule has 2 unspecified atom stereocenters. The predicted molar refractivity (Wildman–Crippen MR) is 73.2 cm³/mol. The minimum atomic E-state index is 0.159. The molecule has 0 aromatic rings. The van der Waals surface area contributed by atoms with E-state index in [4.69, 9.17) is 4.74 Å². The second-order valence-electron chi connectivity index (χ2n) is 6.34. The van der Waals surface area contributed by atoms with Gasteiger partial charge in [-0.2, -0.15) is 0 Å². The molecule has 2 rings (SSSR count). The normalized spacial score (nSPS) is 30.8. The number of nitrogens with one attached hydrogen (secondary N) is 3. The van der Waals surface area contributed by atoms with Crippen LogP contribution in [0, 0.1) is 5.41 Å². The first kappa shape index (κ1) is 14.2. The van der Waals surface area contributed by atoms with Crippen LogP contribution in [0.15, 0.2) is 0 Å². The lowest BCUT2D eigenvalue weighted by Crippen LogP contribution is -2.59. The van der Waals surface area contributed by atoms with E-state index in [9.17, 15) is 0 Å². The van der Waals surface area contributed by atoms with Crippen molar-refractivity contribution in [2.45, 2.75) is 39.5 Å². The quantitative estimate of drug-likeness (QED) is 0.668. The van der Waals surface area contributed by atoms with Crippen LogP contribution >= 0.6 is 0 Å². The summed E-state index contributed by atoms with van der Waals surface area (Å²) in [7, 11) is 0. The first-order valence-electron chi connectivity index (χ1n) is 7.12. The smallest absolute Gasteiger partial charge is 0.120 e. The maximum atomic E-state index is 5.85. The highest BCUT2D eigenvalue weighted by molar-refractivity contribution is 4.87. The van der Waals surface area contributed by atoms with Gasteiger partial charge < -0.3 is 10.1 Å². The molecule has 106 valence electrons. The van der Waals surface area contributed by atoms with Crippen molar-refractivity contribution in [2.75, 3.05) is 39.3 Å². The van der Waals surface area contributed by atoms with Crippen LogP contribution < -0.4 is 16.1 Å². The van der Waals surface area contributed by atoms with Gasteiger partial charge in [-0.15, -0.1) is 0 Å². The lowest BCUT2D eigenvalue weighted by Gasteiger charge is -2.38. The molecule has 2 aliphatic heterocycles. The van der Waals surface area contributed by atoms with Crippen molar-refractivity contribution in [1.82, 2.24) is 21.1 Å². The van der Waals surface area contributed by atoms with Crippen LogP contribution in [0.1, 0.15) is 27.2 Å². The summed E-state index contributed by atoms with van der Waals surface area (Å²) in [5.41, 5.74) is 3.64. The minimum absolute atomic E-state index is 0.159. The Morgan fingerprint density at radius 2 is 2.06 bits per heavy atom. The average molecular weight is 256 g/mol. The molecule has 0 aromatic heterocycles. The summed E-state index contributed by atoms with van der Waals surface area (Å²) in [5, 5.41) is 9.29. The third kappa shape index (κ3) is 4.17. The van der Waals surface area contributed by atoms with Crippen molar-refractivity contribution in [3.63, 3.8) is 0 Å². The summed E-state index contributed by atoms with van der Waals surface area (Å²) in [6.45, 7) is 12.7. The maximum Gasteiger partial charge on any atom is 0.120 e. The SMILES string of the molecule is CC(C)(C)C1CNC(OCCN2CCCN2)CN1. The van der Waals surface area contributed by atoms with E-state index >= 15 is 0 Å². The number of ether oxygens (including phenoxy) is 1. The molecule has 3 N–H and O–H groups in total. The number of hydrogen-bond donors (Lipinski definition) is 3. The van der Waals surface area contributed by atoms with E-state index in [0.717, 1.165) is 39.3 Å². The molecule has 5 heteroatoms. The average Bonchev–Trinajstić information content (AvgIpc) is 2.82. The Bertz CT molecular complexity index is 240. The predicted octanol–water partition coefficient (Wildman–Crippen LogP) is 0.147. The highest BCUT2D eigenvalue weighted by Gasteiger charge is 2.29. The van der Waals surface area contributed by atoms with Gasteiger partial charge in [0.15, 0.2) is 0 Å². The second-order valence-corrected chi connectivity index (χ2v) is 6.34. The topological polar surface area (TPSA) is 48.6 Å². The molecule has 0 bridgehead atoms. The molecule has 0 spiro atoms. The van der Waals surface area contributed by atoms with Crippen LogP contribution in [-0.4, -0.2) is 56.6 Å². The van der Waals surface area contributed by atoms with Crippen molar-refractivity contribution < 1.29 is 4.74 Å². The monoisotopic (exact) mass is 256 g/mol. The van der Waals surface area contributed by atoms with Gasteiger partial charge >= 0.3 is 0 Å². The van der Waals surface area contributed by atoms with E-state index < -0.39 is 0 Å². The molecule has 2 heterocycles. The Morgan fingerprint density at radius 3 is 2.61 bits per heavy atom. The molecule has 0 radical (unpaired) electrons. The van der Waals surface area contributed by atoms with E-state index in [1.165, 1.54) is 6.42 Å². The van der Waals surface area contributed by atoms with Crippen LogP contribution in [0.5, 0.6) is 0 Å². The van der Waals surface area contributed by atoms with E-state index in [1.54, 1.807) is 0 Å². The van der Waals surface area contributed by atoms with E-state index in [1.807, 2.05) is 0 Å². The fourth-order valence-corrected chi connectivity index (χ4v) is 2.46. The summed E-state index contributed by atoms with van der Waals surface area (Å²) in [5.74, 6) is 0. The van der Waals surface area contributed by atoms with E-state index in [-0.39, 0.29) is 6.23 Å². The van der Waals surface area contributed by atoms with Gasteiger partial charge in [-0.3, -0.25) is 10.7 Å². The third-order valence-corrected chi connectivity index (χ3v) is 3.77. The van der Waals surface area contributed by atoms with Gasteiger partial charge in [-0.1, -0.05) is 20.8 Å². The number of nitrogens with zero attached hydrogens (tertiary/aromatic N) is 1. The zero-order valence-corrected chi connectivity index (χ0v) is 12.0. The zero-order valence-electron chi connectivity index (χ0n) is 12.0. The Morgan fingerprint density at radius 1 is 1.22 bits per heavy atom. The van der Waals surface area contributed by atoms with Gasteiger partial charge in [-0.25, -0.2) is 5.01 Å². The zero-order chi connectivity index (χ0) is 13.0. The molecular weight excluding hydrogens is 228 g/mol. The Kier molecular flexibility index (Phi) is 4.98. The first-order chi connectivity index (χ1) is 8.55. The van der Waals surface area contributed by atoms with Crippen molar-refractivity contribution in [3.05, 3.63) is 0 Å². The molecule has 0 aliphatic carbocycles. The van der Waals surface area contributed by atoms with Gasteiger partial charge in [0.05, 0.1) is 6.61 Å². The highest BCUT2D eigenvalue weighted by Crippen LogP contribution is 2.20. The van der Waals surface area contributed by atoms with E-state index in [0.29, 0.717) is 11.5 Å². The molecular formula is C13H28N4O. The largest absolute Gasteiger partial charge is 0.361 e. The Balaban J connectivity index is 1.58. The molecule has 0 aromatic carbocycles. The molecule has 2 saturated heterocycles. The molecule has 2 atom stereocenters.